The number of carbonyl (C=O) groups is 1. The number of nitrogen functional groups attached to an aromatic ring is 1. The molecule has 0 fully saturated rings. The Morgan fingerprint density at radius 1 is 1.29 bits per heavy atom. The summed E-state index contributed by atoms with van der Waals surface area (Å²) in [6.45, 7) is 1.76. The van der Waals surface area contributed by atoms with Gasteiger partial charge in [0.15, 0.2) is 5.69 Å². The van der Waals surface area contributed by atoms with E-state index in [2.05, 4.69) is 10.2 Å². The van der Waals surface area contributed by atoms with Gasteiger partial charge in [-0.3, -0.25) is 5.10 Å². The summed E-state index contributed by atoms with van der Waals surface area (Å²) in [5.41, 5.74) is 7.25. The van der Waals surface area contributed by atoms with Crippen LogP contribution in [0.25, 0.3) is 10.9 Å². The molecule has 0 bridgehead atoms. The third kappa shape index (κ3) is 4.17. The van der Waals surface area contributed by atoms with Crippen molar-refractivity contribution in [1.82, 2.24) is 10.2 Å². The number of nitrogens with one attached hydrogen (secondary N) is 1. The van der Waals surface area contributed by atoms with Crippen molar-refractivity contribution < 1.29 is 19.0 Å². The molecular formula is C14H19N3O4. The number of esters is 1. The summed E-state index contributed by atoms with van der Waals surface area (Å²) >= 11 is 0. The summed E-state index contributed by atoms with van der Waals surface area (Å²) in [6, 6.07) is 5.20. The Morgan fingerprint density at radius 2 is 2.14 bits per heavy atom. The molecule has 1 aromatic heterocycles. The predicted octanol–water partition coefficient (Wildman–Crippen LogP) is 1.35. The van der Waals surface area contributed by atoms with Crippen LogP contribution in [0.1, 0.15) is 16.9 Å². The minimum Gasteiger partial charge on any atom is -0.458 e. The van der Waals surface area contributed by atoms with E-state index in [4.69, 9.17) is 19.9 Å². The van der Waals surface area contributed by atoms with Crippen molar-refractivity contribution >= 4 is 22.6 Å². The van der Waals surface area contributed by atoms with Gasteiger partial charge in [0.05, 0.1) is 12.1 Å². The maximum Gasteiger partial charge on any atom is 0.359 e. The molecule has 7 nitrogen and oxygen atoms in total. The van der Waals surface area contributed by atoms with Gasteiger partial charge in [0, 0.05) is 31.4 Å². The molecule has 7 heteroatoms. The molecule has 0 saturated carbocycles. The number of hydrogen-bond donors (Lipinski definition) is 2. The molecule has 21 heavy (non-hydrogen) atoms. The standard InChI is InChI=1S/C14H19N3O4/c1-19-5-2-6-20-7-8-21-14(18)13-11-9-10(15)3-4-12(11)16-17-13/h3-4,9H,2,5-8,15H2,1H3,(H,16,17). The van der Waals surface area contributed by atoms with Crippen molar-refractivity contribution in [1.29, 1.82) is 0 Å². The molecule has 0 amide bonds. The number of methoxy groups -OCH3 is 1. The highest BCUT2D eigenvalue weighted by atomic mass is 16.6. The van der Waals surface area contributed by atoms with Crippen LogP contribution in [0, 0.1) is 0 Å². The Kier molecular flexibility index (Phi) is 5.53. The summed E-state index contributed by atoms with van der Waals surface area (Å²) in [4.78, 5) is 11.9. The molecule has 0 atom stereocenters. The summed E-state index contributed by atoms with van der Waals surface area (Å²) < 4.78 is 15.3. The zero-order valence-electron chi connectivity index (χ0n) is 11.9. The molecule has 0 unspecified atom stereocenters. The Bertz CT molecular complexity index is 597. The molecule has 2 aromatic rings. The number of benzene rings is 1. The third-order valence-electron chi connectivity index (χ3n) is 2.88. The van der Waals surface area contributed by atoms with Gasteiger partial charge < -0.3 is 19.9 Å². The van der Waals surface area contributed by atoms with Crippen molar-refractivity contribution in [3.63, 3.8) is 0 Å². The normalized spacial score (nSPS) is 10.9. The number of fused-ring (bicyclic) bond motifs is 1. The molecule has 2 rings (SSSR count). The second-order valence-electron chi connectivity index (χ2n) is 4.47. The molecule has 0 saturated heterocycles. The largest absolute Gasteiger partial charge is 0.458 e. The number of H-pyrrole nitrogens is 1. The number of anilines is 1. The van der Waals surface area contributed by atoms with E-state index in [1.165, 1.54) is 0 Å². The monoisotopic (exact) mass is 293 g/mol. The molecule has 114 valence electrons. The molecule has 0 radical (unpaired) electrons. The van der Waals surface area contributed by atoms with Crippen LogP contribution in [0.15, 0.2) is 18.2 Å². The van der Waals surface area contributed by atoms with Crippen LogP contribution in [0.3, 0.4) is 0 Å². The van der Waals surface area contributed by atoms with Gasteiger partial charge in [-0.25, -0.2) is 4.79 Å². The highest BCUT2D eigenvalue weighted by Gasteiger charge is 2.15. The highest BCUT2D eigenvalue weighted by Crippen LogP contribution is 2.19. The van der Waals surface area contributed by atoms with Crippen LogP contribution < -0.4 is 5.73 Å². The number of ether oxygens (including phenoxy) is 3. The van der Waals surface area contributed by atoms with Crippen LogP contribution in [-0.4, -0.2) is 49.7 Å². The van der Waals surface area contributed by atoms with E-state index in [1.54, 1.807) is 25.3 Å². The second kappa shape index (κ2) is 7.61. The second-order valence-corrected chi connectivity index (χ2v) is 4.47. The first-order valence-electron chi connectivity index (χ1n) is 6.70. The molecule has 0 aliphatic carbocycles. The molecule has 0 aliphatic rings. The molecule has 1 heterocycles. The maximum atomic E-state index is 11.9. The fourth-order valence-electron chi connectivity index (χ4n) is 1.86. The average molecular weight is 293 g/mol. The minimum atomic E-state index is -0.493. The number of aromatic amines is 1. The van der Waals surface area contributed by atoms with Gasteiger partial charge in [-0.1, -0.05) is 0 Å². The lowest BCUT2D eigenvalue weighted by Gasteiger charge is -2.05. The fraction of sp³-hybridized carbons (Fsp3) is 0.429. The molecular weight excluding hydrogens is 274 g/mol. The minimum absolute atomic E-state index is 0.183. The first-order valence-corrected chi connectivity index (χ1v) is 6.70. The third-order valence-corrected chi connectivity index (χ3v) is 2.88. The van der Waals surface area contributed by atoms with Crippen LogP contribution in [0.2, 0.25) is 0 Å². The fourth-order valence-corrected chi connectivity index (χ4v) is 1.86. The van der Waals surface area contributed by atoms with Gasteiger partial charge in [0.2, 0.25) is 0 Å². The average Bonchev–Trinajstić information content (AvgIpc) is 2.89. The quantitative estimate of drug-likeness (QED) is 0.433. The number of rotatable bonds is 8. The Morgan fingerprint density at radius 3 is 2.95 bits per heavy atom. The summed E-state index contributed by atoms with van der Waals surface area (Å²) in [6.07, 6.45) is 0.813. The van der Waals surface area contributed by atoms with Gasteiger partial charge in [0.1, 0.15) is 6.61 Å². The number of aromatic nitrogens is 2. The van der Waals surface area contributed by atoms with E-state index in [0.717, 1.165) is 11.9 Å². The van der Waals surface area contributed by atoms with Gasteiger partial charge >= 0.3 is 5.97 Å². The van der Waals surface area contributed by atoms with E-state index >= 15 is 0 Å². The van der Waals surface area contributed by atoms with Crippen LogP contribution in [0.5, 0.6) is 0 Å². The van der Waals surface area contributed by atoms with Gasteiger partial charge in [-0.15, -0.1) is 0 Å². The van der Waals surface area contributed by atoms with Crippen molar-refractivity contribution in [3.05, 3.63) is 23.9 Å². The SMILES string of the molecule is COCCCOCCOC(=O)c1n[nH]c2ccc(N)cc12. The van der Waals surface area contributed by atoms with E-state index in [9.17, 15) is 4.79 Å². The van der Waals surface area contributed by atoms with Crippen molar-refractivity contribution in [2.75, 3.05) is 39.3 Å². The first-order chi connectivity index (χ1) is 10.2. The topological polar surface area (TPSA) is 99.5 Å². The lowest BCUT2D eigenvalue weighted by atomic mass is 10.2. The number of nitrogens with zero attached hydrogens (tertiary/aromatic N) is 1. The van der Waals surface area contributed by atoms with Gasteiger partial charge in [0.25, 0.3) is 0 Å². The number of carbonyl (C=O) groups excluding carboxylic acids is 1. The van der Waals surface area contributed by atoms with E-state index in [0.29, 0.717) is 30.9 Å². The molecule has 0 spiro atoms. The van der Waals surface area contributed by atoms with Crippen LogP contribution in [-0.2, 0) is 14.2 Å². The zero-order chi connectivity index (χ0) is 15.1. The highest BCUT2D eigenvalue weighted by molar-refractivity contribution is 6.02. The smallest absolute Gasteiger partial charge is 0.359 e. The van der Waals surface area contributed by atoms with E-state index < -0.39 is 5.97 Å². The molecule has 0 aliphatic heterocycles. The Balaban J connectivity index is 1.81. The predicted molar refractivity (Wildman–Crippen MR) is 78.1 cm³/mol. The van der Waals surface area contributed by atoms with Crippen LogP contribution in [0.4, 0.5) is 5.69 Å². The number of hydrogen-bond acceptors (Lipinski definition) is 6. The summed E-state index contributed by atoms with van der Waals surface area (Å²) in [5, 5.41) is 7.39. The Hall–Kier alpha value is -2.12. The van der Waals surface area contributed by atoms with Crippen molar-refractivity contribution in [2.24, 2.45) is 0 Å². The number of nitrogens with two attached hydrogens (primary N) is 1. The lowest BCUT2D eigenvalue weighted by molar-refractivity contribution is 0.0284. The maximum absolute atomic E-state index is 11.9. The van der Waals surface area contributed by atoms with E-state index in [1.807, 2.05) is 0 Å². The van der Waals surface area contributed by atoms with E-state index in [-0.39, 0.29) is 12.3 Å². The lowest BCUT2D eigenvalue weighted by Crippen LogP contribution is -2.12. The zero-order valence-corrected chi connectivity index (χ0v) is 11.9. The van der Waals surface area contributed by atoms with Gasteiger partial charge in [-0.05, 0) is 24.6 Å². The Labute approximate surface area is 122 Å². The van der Waals surface area contributed by atoms with Crippen LogP contribution >= 0.6 is 0 Å². The first kappa shape index (κ1) is 15.3. The van der Waals surface area contributed by atoms with Crippen molar-refractivity contribution in [3.8, 4) is 0 Å². The van der Waals surface area contributed by atoms with Gasteiger partial charge in [-0.2, -0.15) is 5.10 Å². The summed E-state index contributed by atoms with van der Waals surface area (Å²) in [5.74, 6) is -0.493. The van der Waals surface area contributed by atoms with Crippen molar-refractivity contribution in [2.45, 2.75) is 6.42 Å². The molecule has 3 N–H and O–H groups in total. The summed E-state index contributed by atoms with van der Waals surface area (Å²) in [7, 11) is 1.64. The molecule has 1 aromatic carbocycles.